The number of ether oxygens (including phenoxy) is 2. The maximum Gasteiger partial charge on any atom is 0.329 e. The van der Waals surface area contributed by atoms with Gasteiger partial charge in [-0.25, -0.2) is 5.43 Å². The third-order valence-corrected chi connectivity index (χ3v) is 3.65. The van der Waals surface area contributed by atoms with E-state index in [2.05, 4.69) is 15.8 Å². The molecule has 2 aromatic carbocycles. The van der Waals surface area contributed by atoms with Crippen LogP contribution in [0.25, 0.3) is 0 Å². The first-order chi connectivity index (χ1) is 14.8. The Morgan fingerprint density at radius 2 is 1.68 bits per heavy atom. The van der Waals surface area contributed by atoms with Crippen LogP contribution in [0.5, 0.6) is 11.5 Å². The Balaban J connectivity index is 1.96. The Bertz CT molecular complexity index is 1000. The van der Waals surface area contributed by atoms with Gasteiger partial charge in [-0.15, -0.1) is 0 Å². The summed E-state index contributed by atoms with van der Waals surface area (Å²) in [5.74, 6) is -2.50. The number of hydrogen-bond donors (Lipinski definition) is 4. The fourth-order valence-electron chi connectivity index (χ4n) is 2.26. The molecule has 0 bridgehead atoms. The van der Waals surface area contributed by atoms with E-state index >= 15 is 0 Å². The lowest BCUT2D eigenvalue weighted by Gasteiger charge is -2.11. The molecule has 0 unspecified atom stereocenters. The monoisotopic (exact) mass is 427 g/mol. The molecule has 0 heterocycles. The van der Waals surface area contributed by atoms with E-state index in [-0.39, 0.29) is 12.2 Å². The largest absolute Gasteiger partial charge is 0.490 e. The van der Waals surface area contributed by atoms with Crippen molar-refractivity contribution in [1.82, 2.24) is 5.43 Å². The lowest BCUT2D eigenvalue weighted by atomic mass is 10.2. The van der Waals surface area contributed by atoms with Gasteiger partial charge in [0.15, 0.2) is 18.1 Å². The van der Waals surface area contributed by atoms with E-state index in [4.69, 9.17) is 20.9 Å². The van der Waals surface area contributed by atoms with E-state index < -0.39 is 23.6 Å². The summed E-state index contributed by atoms with van der Waals surface area (Å²) in [7, 11) is 0. The second-order valence-electron chi connectivity index (χ2n) is 5.99. The molecule has 162 valence electrons. The average Bonchev–Trinajstić information content (AvgIpc) is 2.73. The van der Waals surface area contributed by atoms with Crippen LogP contribution in [0.3, 0.4) is 0 Å². The summed E-state index contributed by atoms with van der Waals surface area (Å²) >= 11 is 0. The Kier molecular flexibility index (Phi) is 8.08. The maximum atomic E-state index is 11.9. The van der Waals surface area contributed by atoms with Gasteiger partial charge in [0.2, 0.25) is 5.91 Å². The second kappa shape index (κ2) is 11.0. The van der Waals surface area contributed by atoms with Gasteiger partial charge in [-0.2, -0.15) is 5.10 Å². The highest BCUT2D eigenvalue weighted by Crippen LogP contribution is 2.28. The van der Waals surface area contributed by atoms with Crippen LogP contribution in [0.2, 0.25) is 0 Å². The standard InChI is InChI=1S/C20H21N5O6/c1-2-30-16-9-12(3-8-15(16)31-11-17(21)26)10-23-25-20(29)19(28)24-14-6-4-13(5-7-14)18(22)27/h3-10H,2,11H2,1H3,(H2,21,26)(H2,22,27)(H,24,28)(H,25,29). The quantitative estimate of drug-likeness (QED) is 0.251. The number of nitrogens with two attached hydrogens (primary N) is 2. The first-order valence-electron chi connectivity index (χ1n) is 9.02. The van der Waals surface area contributed by atoms with Crippen LogP contribution in [-0.2, 0) is 14.4 Å². The molecule has 6 N–H and O–H groups in total. The third-order valence-electron chi connectivity index (χ3n) is 3.65. The maximum absolute atomic E-state index is 11.9. The number of amides is 4. The minimum atomic E-state index is -0.998. The van der Waals surface area contributed by atoms with Crippen LogP contribution in [0.4, 0.5) is 5.69 Å². The van der Waals surface area contributed by atoms with Gasteiger partial charge in [0.1, 0.15) is 0 Å². The first kappa shape index (κ1) is 22.9. The van der Waals surface area contributed by atoms with Gasteiger partial charge in [-0.05, 0) is 55.0 Å². The molecule has 0 aliphatic heterocycles. The third kappa shape index (κ3) is 7.16. The van der Waals surface area contributed by atoms with Crippen molar-refractivity contribution < 1.29 is 28.7 Å². The van der Waals surface area contributed by atoms with Crippen LogP contribution in [0.1, 0.15) is 22.8 Å². The number of nitrogens with one attached hydrogen (secondary N) is 2. The van der Waals surface area contributed by atoms with Crippen molar-refractivity contribution in [2.75, 3.05) is 18.5 Å². The molecular formula is C20H21N5O6. The summed E-state index contributed by atoms with van der Waals surface area (Å²) in [5.41, 5.74) is 13.4. The van der Waals surface area contributed by atoms with Crippen molar-refractivity contribution in [2.24, 2.45) is 16.6 Å². The molecule has 31 heavy (non-hydrogen) atoms. The molecule has 2 rings (SSSR count). The number of benzene rings is 2. The van der Waals surface area contributed by atoms with Crippen molar-refractivity contribution in [2.45, 2.75) is 6.92 Å². The molecule has 0 radical (unpaired) electrons. The second-order valence-corrected chi connectivity index (χ2v) is 5.99. The summed E-state index contributed by atoms with van der Waals surface area (Å²) in [6.07, 6.45) is 1.30. The van der Waals surface area contributed by atoms with Crippen LogP contribution in [0, 0.1) is 0 Å². The first-order valence-corrected chi connectivity index (χ1v) is 9.02. The average molecular weight is 427 g/mol. The van der Waals surface area contributed by atoms with Crippen LogP contribution in [0.15, 0.2) is 47.6 Å². The Hall–Kier alpha value is -4.41. The minimum Gasteiger partial charge on any atom is -0.490 e. The molecule has 4 amide bonds. The lowest BCUT2D eigenvalue weighted by Crippen LogP contribution is -2.32. The Morgan fingerprint density at radius 3 is 2.29 bits per heavy atom. The molecule has 0 atom stereocenters. The van der Waals surface area contributed by atoms with Crippen molar-refractivity contribution in [1.29, 1.82) is 0 Å². The highest BCUT2D eigenvalue weighted by atomic mass is 16.5. The summed E-state index contributed by atoms with van der Waals surface area (Å²) < 4.78 is 10.7. The topological polar surface area (TPSA) is 175 Å². The number of nitrogens with zero attached hydrogens (tertiary/aromatic N) is 1. The van der Waals surface area contributed by atoms with Crippen molar-refractivity contribution in [3.05, 3.63) is 53.6 Å². The minimum absolute atomic E-state index is 0.268. The molecule has 0 aliphatic rings. The predicted molar refractivity (Wildman–Crippen MR) is 112 cm³/mol. The normalized spacial score (nSPS) is 10.4. The zero-order chi connectivity index (χ0) is 22.8. The summed E-state index contributed by atoms with van der Waals surface area (Å²) in [4.78, 5) is 45.7. The summed E-state index contributed by atoms with van der Waals surface area (Å²) in [6, 6.07) is 10.4. The molecule has 0 spiro atoms. The SMILES string of the molecule is CCOc1cc(C=NNC(=O)C(=O)Nc2ccc(C(N)=O)cc2)ccc1OCC(N)=O. The number of primary amides is 2. The Morgan fingerprint density at radius 1 is 0.968 bits per heavy atom. The van der Waals surface area contributed by atoms with Crippen LogP contribution in [-0.4, -0.2) is 43.1 Å². The molecule has 2 aromatic rings. The van der Waals surface area contributed by atoms with Gasteiger partial charge in [-0.1, -0.05) is 0 Å². The Labute approximate surface area is 177 Å². The number of carbonyl (C=O) groups excluding carboxylic acids is 4. The van der Waals surface area contributed by atoms with E-state index in [1.54, 1.807) is 25.1 Å². The molecule has 11 heteroatoms. The van der Waals surface area contributed by atoms with Crippen molar-refractivity contribution in [3.63, 3.8) is 0 Å². The zero-order valence-corrected chi connectivity index (χ0v) is 16.6. The number of anilines is 1. The van der Waals surface area contributed by atoms with E-state index in [1.165, 1.54) is 30.5 Å². The predicted octanol–water partition coefficient (Wildman–Crippen LogP) is 0.137. The van der Waals surface area contributed by atoms with Gasteiger partial charge >= 0.3 is 11.8 Å². The molecule has 11 nitrogen and oxygen atoms in total. The highest BCUT2D eigenvalue weighted by Gasteiger charge is 2.13. The number of carbonyl (C=O) groups is 4. The zero-order valence-electron chi connectivity index (χ0n) is 16.6. The fourth-order valence-corrected chi connectivity index (χ4v) is 2.26. The number of rotatable bonds is 9. The molecule has 0 aliphatic carbocycles. The smallest absolute Gasteiger partial charge is 0.329 e. The van der Waals surface area contributed by atoms with Gasteiger partial charge < -0.3 is 26.3 Å². The van der Waals surface area contributed by atoms with Gasteiger partial charge in [-0.3, -0.25) is 19.2 Å². The highest BCUT2D eigenvalue weighted by molar-refractivity contribution is 6.39. The summed E-state index contributed by atoms with van der Waals surface area (Å²) in [5, 5.41) is 6.09. The van der Waals surface area contributed by atoms with Gasteiger partial charge in [0.05, 0.1) is 12.8 Å². The van der Waals surface area contributed by atoms with E-state index in [0.717, 1.165) is 0 Å². The molecule has 0 fully saturated rings. The molecule has 0 aromatic heterocycles. The van der Waals surface area contributed by atoms with Crippen LogP contribution >= 0.6 is 0 Å². The van der Waals surface area contributed by atoms with Crippen LogP contribution < -0.4 is 31.7 Å². The fraction of sp³-hybridized carbons (Fsp3) is 0.150. The van der Waals surface area contributed by atoms with E-state index in [0.29, 0.717) is 29.4 Å². The lowest BCUT2D eigenvalue weighted by molar-refractivity contribution is -0.136. The molecular weight excluding hydrogens is 406 g/mol. The van der Waals surface area contributed by atoms with E-state index in [9.17, 15) is 19.2 Å². The van der Waals surface area contributed by atoms with Gasteiger partial charge in [0, 0.05) is 11.3 Å². The van der Waals surface area contributed by atoms with Crippen molar-refractivity contribution >= 4 is 35.5 Å². The molecule has 0 saturated heterocycles. The van der Waals surface area contributed by atoms with Crippen molar-refractivity contribution in [3.8, 4) is 11.5 Å². The number of hydrogen-bond acceptors (Lipinski definition) is 7. The van der Waals surface area contributed by atoms with E-state index in [1.807, 2.05) is 0 Å². The molecule has 0 saturated carbocycles. The van der Waals surface area contributed by atoms with Gasteiger partial charge in [0.25, 0.3) is 5.91 Å². The summed E-state index contributed by atoms with van der Waals surface area (Å²) in [6.45, 7) is 1.83. The number of hydrazone groups is 1.